The molecular formula is C15H12Cl3N3O2S. The van der Waals surface area contributed by atoms with E-state index in [4.69, 9.17) is 51.8 Å². The number of thiocarbonyl (C=S) groups is 1. The monoisotopic (exact) mass is 403 g/mol. The number of ether oxygens (including phenoxy) is 1. The van der Waals surface area contributed by atoms with Crippen LogP contribution in [0.25, 0.3) is 0 Å². The highest BCUT2D eigenvalue weighted by atomic mass is 35.5. The number of anilines is 1. The number of hydrazine groups is 1. The summed E-state index contributed by atoms with van der Waals surface area (Å²) in [5.41, 5.74) is 5.92. The molecule has 0 radical (unpaired) electrons. The van der Waals surface area contributed by atoms with Crippen LogP contribution in [-0.4, -0.2) is 18.1 Å². The van der Waals surface area contributed by atoms with E-state index in [0.717, 1.165) is 0 Å². The van der Waals surface area contributed by atoms with Crippen LogP contribution in [0.4, 0.5) is 5.69 Å². The number of amides is 1. The van der Waals surface area contributed by atoms with Crippen molar-refractivity contribution in [2.45, 2.75) is 0 Å². The second kappa shape index (κ2) is 8.39. The van der Waals surface area contributed by atoms with Gasteiger partial charge in [-0.3, -0.25) is 15.6 Å². The van der Waals surface area contributed by atoms with Crippen molar-refractivity contribution in [3.8, 4) is 5.75 Å². The molecule has 0 fully saturated rings. The average Bonchev–Trinajstić information content (AvgIpc) is 2.55. The first kappa shape index (κ1) is 18.6. The van der Waals surface area contributed by atoms with Crippen molar-refractivity contribution in [2.75, 3.05) is 12.4 Å². The molecule has 5 nitrogen and oxygen atoms in total. The van der Waals surface area contributed by atoms with Crippen LogP contribution in [0.3, 0.4) is 0 Å². The van der Waals surface area contributed by atoms with Gasteiger partial charge < -0.3 is 10.1 Å². The molecule has 24 heavy (non-hydrogen) atoms. The molecule has 1 amide bonds. The normalized spacial score (nSPS) is 10.0. The maximum atomic E-state index is 12.0. The van der Waals surface area contributed by atoms with E-state index in [-0.39, 0.29) is 10.1 Å². The molecule has 0 saturated heterocycles. The Balaban J connectivity index is 1.97. The molecule has 9 heteroatoms. The van der Waals surface area contributed by atoms with Crippen molar-refractivity contribution in [1.82, 2.24) is 10.9 Å². The van der Waals surface area contributed by atoms with Crippen molar-refractivity contribution in [1.29, 1.82) is 0 Å². The Morgan fingerprint density at radius 3 is 2.46 bits per heavy atom. The third kappa shape index (κ3) is 4.88. The number of carbonyl (C=O) groups is 1. The molecule has 0 aromatic heterocycles. The van der Waals surface area contributed by atoms with Crippen LogP contribution >= 0.6 is 47.0 Å². The lowest BCUT2D eigenvalue weighted by atomic mass is 10.2. The molecule has 0 atom stereocenters. The Bertz CT molecular complexity index is 787. The first-order valence-corrected chi connectivity index (χ1v) is 8.11. The molecule has 0 aliphatic rings. The van der Waals surface area contributed by atoms with E-state index in [1.165, 1.54) is 19.2 Å². The molecule has 3 N–H and O–H groups in total. The van der Waals surface area contributed by atoms with Crippen LogP contribution in [0.5, 0.6) is 5.75 Å². The standard InChI is InChI=1S/C15H12Cl3N3O2S/c1-23-13-5-3-9(16)7-12(13)19-15(24)21-20-14(22)8-2-4-10(17)11(18)6-8/h2-7H,1H3,(H,20,22)(H2,19,21,24). The van der Waals surface area contributed by atoms with Gasteiger partial charge in [0.25, 0.3) is 5.91 Å². The van der Waals surface area contributed by atoms with Gasteiger partial charge in [-0.15, -0.1) is 0 Å². The van der Waals surface area contributed by atoms with Gasteiger partial charge in [-0.05, 0) is 48.6 Å². The van der Waals surface area contributed by atoms with E-state index >= 15 is 0 Å². The Labute approximate surface area is 159 Å². The van der Waals surface area contributed by atoms with Gasteiger partial charge in [0, 0.05) is 10.6 Å². The summed E-state index contributed by atoms with van der Waals surface area (Å²) < 4.78 is 5.20. The van der Waals surface area contributed by atoms with Gasteiger partial charge in [0.15, 0.2) is 5.11 Å². The summed E-state index contributed by atoms with van der Waals surface area (Å²) >= 11 is 22.8. The molecule has 0 aliphatic carbocycles. The highest BCUT2D eigenvalue weighted by Crippen LogP contribution is 2.27. The van der Waals surface area contributed by atoms with Crippen LogP contribution in [0.15, 0.2) is 36.4 Å². The summed E-state index contributed by atoms with van der Waals surface area (Å²) in [4.78, 5) is 12.0. The number of nitrogens with one attached hydrogen (secondary N) is 3. The van der Waals surface area contributed by atoms with Gasteiger partial charge in [-0.1, -0.05) is 34.8 Å². The molecule has 2 aromatic rings. The second-order valence-electron chi connectivity index (χ2n) is 4.51. The van der Waals surface area contributed by atoms with Crippen molar-refractivity contribution < 1.29 is 9.53 Å². The molecule has 2 aromatic carbocycles. The zero-order valence-corrected chi connectivity index (χ0v) is 15.4. The van der Waals surface area contributed by atoms with Gasteiger partial charge in [-0.2, -0.15) is 0 Å². The first-order chi connectivity index (χ1) is 11.4. The van der Waals surface area contributed by atoms with Crippen molar-refractivity contribution in [2.24, 2.45) is 0 Å². The predicted octanol–water partition coefficient (Wildman–Crippen LogP) is 4.29. The van der Waals surface area contributed by atoms with Gasteiger partial charge in [0.05, 0.1) is 22.8 Å². The van der Waals surface area contributed by atoms with Gasteiger partial charge in [0.2, 0.25) is 0 Å². The lowest BCUT2D eigenvalue weighted by molar-refractivity contribution is 0.0944. The molecule has 126 valence electrons. The highest BCUT2D eigenvalue weighted by molar-refractivity contribution is 7.80. The Morgan fingerprint density at radius 1 is 1.04 bits per heavy atom. The summed E-state index contributed by atoms with van der Waals surface area (Å²) in [6.07, 6.45) is 0. The molecule has 0 bridgehead atoms. The largest absolute Gasteiger partial charge is 0.495 e. The van der Waals surface area contributed by atoms with Crippen molar-refractivity contribution in [3.63, 3.8) is 0 Å². The van der Waals surface area contributed by atoms with Crippen LogP contribution in [-0.2, 0) is 0 Å². The molecule has 0 aliphatic heterocycles. The SMILES string of the molecule is COc1ccc(Cl)cc1NC(=S)NNC(=O)c1ccc(Cl)c(Cl)c1. The minimum Gasteiger partial charge on any atom is -0.495 e. The molecule has 0 saturated carbocycles. The average molecular weight is 405 g/mol. The number of halogens is 3. The Hall–Kier alpha value is -1.73. The number of methoxy groups -OCH3 is 1. The van der Waals surface area contributed by atoms with Crippen LogP contribution in [0, 0.1) is 0 Å². The Morgan fingerprint density at radius 2 is 1.79 bits per heavy atom. The highest BCUT2D eigenvalue weighted by Gasteiger charge is 2.10. The summed E-state index contributed by atoms with van der Waals surface area (Å²) in [6.45, 7) is 0. The lowest BCUT2D eigenvalue weighted by Gasteiger charge is -2.14. The number of hydrogen-bond donors (Lipinski definition) is 3. The first-order valence-electron chi connectivity index (χ1n) is 6.56. The van der Waals surface area contributed by atoms with Gasteiger partial charge >= 0.3 is 0 Å². The molecular weight excluding hydrogens is 393 g/mol. The zero-order valence-electron chi connectivity index (χ0n) is 12.3. The van der Waals surface area contributed by atoms with Crippen LogP contribution in [0.1, 0.15) is 10.4 Å². The third-order valence-corrected chi connectivity index (χ3v) is 4.06. The predicted molar refractivity (Wildman–Crippen MR) is 101 cm³/mol. The van der Waals surface area contributed by atoms with E-state index in [1.807, 2.05) is 0 Å². The van der Waals surface area contributed by atoms with Crippen LogP contribution in [0.2, 0.25) is 15.1 Å². The van der Waals surface area contributed by atoms with E-state index in [1.54, 1.807) is 24.3 Å². The summed E-state index contributed by atoms with van der Waals surface area (Å²) in [7, 11) is 1.52. The third-order valence-electron chi connectivity index (χ3n) is 2.88. The summed E-state index contributed by atoms with van der Waals surface area (Å²) in [6, 6.07) is 9.57. The van der Waals surface area contributed by atoms with Crippen molar-refractivity contribution >= 4 is 63.7 Å². The fourth-order valence-corrected chi connectivity index (χ4v) is 2.39. The fraction of sp³-hybridized carbons (Fsp3) is 0.0667. The lowest BCUT2D eigenvalue weighted by Crippen LogP contribution is -2.43. The quantitative estimate of drug-likeness (QED) is 0.526. The van der Waals surface area contributed by atoms with E-state index in [9.17, 15) is 4.79 Å². The second-order valence-corrected chi connectivity index (χ2v) is 6.17. The summed E-state index contributed by atoms with van der Waals surface area (Å²) in [5, 5.41) is 4.20. The Kier molecular flexibility index (Phi) is 6.51. The summed E-state index contributed by atoms with van der Waals surface area (Å²) in [5.74, 6) is 0.134. The maximum Gasteiger partial charge on any atom is 0.269 e. The smallest absolute Gasteiger partial charge is 0.269 e. The number of hydrogen-bond acceptors (Lipinski definition) is 3. The molecule has 0 unspecified atom stereocenters. The van der Waals surface area contributed by atoms with Crippen LogP contribution < -0.4 is 20.9 Å². The van der Waals surface area contributed by atoms with Gasteiger partial charge in [-0.25, -0.2) is 0 Å². The molecule has 2 rings (SSSR count). The molecule has 0 heterocycles. The fourth-order valence-electron chi connectivity index (χ4n) is 1.75. The van der Waals surface area contributed by atoms with E-state index in [2.05, 4.69) is 16.2 Å². The number of rotatable bonds is 3. The van der Waals surface area contributed by atoms with E-state index < -0.39 is 5.91 Å². The topological polar surface area (TPSA) is 62.4 Å². The zero-order chi connectivity index (χ0) is 17.7. The maximum absolute atomic E-state index is 12.0. The minimum absolute atomic E-state index is 0.156. The number of carbonyl (C=O) groups excluding carboxylic acids is 1. The minimum atomic E-state index is -0.421. The number of benzene rings is 2. The molecule has 0 spiro atoms. The van der Waals surface area contributed by atoms with Crippen molar-refractivity contribution in [3.05, 3.63) is 57.0 Å². The van der Waals surface area contributed by atoms with Gasteiger partial charge in [0.1, 0.15) is 5.75 Å². The van der Waals surface area contributed by atoms with E-state index in [0.29, 0.717) is 27.0 Å².